The van der Waals surface area contributed by atoms with E-state index in [2.05, 4.69) is 10.2 Å². The van der Waals surface area contributed by atoms with Crippen molar-refractivity contribution in [3.8, 4) is 5.88 Å². The minimum absolute atomic E-state index is 0.0301. The minimum atomic E-state index is -0.345. The molecule has 1 amide bonds. The van der Waals surface area contributed by atoms with Gasteiger partial charge in [0.05, 0.1) is 11.9 Å². The molecule has 0 unspecified atom stereocenters. The molecule has 0 spiro atoms. The van der Waals surface area contributed by atoms with Gasteiger partial charge >= 0.3 is 0 Å². The summed E-state index contributed by atoms with van der Waals surface area (Å²) >= 11 is 0. The molecular formula is C19H19N3O2. The third-order valence-corrected chi connectivity index (χ3v) is 3.83. The molecule has 0 aliphatic rings. The highest BCUT2D eigenvalue weighted by Crippen LogP contribution is 2.40. The first-order valence-corrected chi connectivity index (χ1v) is 7.88. The lowest BCUT2D eigenvalue weighted by Gasteiger charge is -2.10. The maximum Gasteiger partial charge on any atom is 0.269 e. The molecule has 0 radical (unpaired) electrons. The summed E-state index contributed by atoms with van der Waals surface area (Å²) < 4.78 is 1.78. The lowest BCUT2D eigenvalue weighted by atomic mass is 10.1. The summed E-state index contributed by atoms with van der Waals surface area (Å²) in [6.07, 6.45) is 0.188. The normalized spacial score (nSPS) is 11.6. The summed E-state index contributed by atoms with van der Waals surface area (Å²) in [4.78, 5) is 12.0. The predicted octanol–water partition coefficient (Wildman–Crippen LogP) is 4.78. The van der Waals surface area contributed by atoms with Crippen molar-refractivity contribution in [1.82, 2.24) is 4.57 Å². The van der Waals surface area contributed by atoms with E-state index in [1.165, 1.54) is 0 Å². The van der Waals surface area contributed by atoms with Crippen LogP contribution in [0.5, 0.6) is 5.88 Å². The molecule has 5 nitrogen and oxygen atoms in total. The van der Waals surface area contributed by atoms with E-state index >= 15 is 0 Å². The van der Waals surface area contributed by atoms with Crippen molar-refractivity contribution in [3.05, 3.63) is 60.2 Å². The van der Waals surface area contributed by atoms with Crippen LogP contribution in [-0.2, 0) is 11.2 Å². The second kappa shape index (κ2) is 6.66. The predicted molar refractivity (Wildman–Crippen MR) is 93.7 cm³/mol. The van der Waals surface area contributed by atoms with Gasteiger partial charge in [0.25, 0.3) is 5.91 Å². The van der Waals surface area contributed by atoms with Crippen molar-refractivity contribution in [2.24, 2.45) is 10.2 Å². The molecule has 5 heteroatoms. The fraction of sp³-hybridized carbons (Fsp3) is 0.211. The zero-order valence-corrected chi connectivity index (χ0v) is 13.7. The van der Waals surface area contributed by atoms with Gasteiger partial charge in [0, 0.05) is 11.4 Å². The number of nitrogens with zero attached hydrogens (tertiary/aromatic N) is 3. The van der Waals surface area contributed by atoms with E-state index in [9.17, 15) is 9.90 Å². The van der Waals surface area contributed by atoms with Gasteiger partial charge in [-0.1, -0.05) is 48.5 Å². The zero-order valence-electron chi connectivity index (χ0n) is 13.7. The maximum atomic E-state index is 12.0. The Kier molecular flexibility index (Phi) is 4.42. The molecule has 1 aromatic heterocycles. The van der Waals surface area contributed by atoms with E-state index in [0.717, 1.165) is 16.5 Å². The first kappa shape index (κ1) is 15.9. The van der Waals surface area contributed by atoms with Gasteiger partial charge in [-0.3, -0.25) is 4.79 Å². The molecular weight excluding hydrogens is 302 g/mol. The highest BCUT2D eigenvalue weighted by molar-refractivity contribution is 5.95. The largest absolute Gasteiger partial charge is 0.493 e. The van der Waals surface area contributed by atoms with Crippen LogP contribution in [0.4, 0.5) is 5.69 Å². The number of benzene rings is 2. The molecule has 0 atom stereocenters. The smallest absolute Gasteiger partial charge is 0.269 e. The summed E-state index contributed by atoms with van der Waals surface area (Å²) in [5.74, 6) is -0.315. The van der Waals surface area contributed by atoms with Crippen molar-refractivity contribution < 1.29 is 9.90 Å². The molecule has 24 heavy (non-hydrogen) atoms. The summed E-state index contributed by atoms with van der Waals surface area (Å²) in [7, 11) is 0. The fourth-order valence-electron chi connectivity index (χ4n) is 2.77. The topological polar surface area (TPSA) is 66.9 Å². The molecule has 0 bridgehead atoms. The van der Waals surface area contributed by atoms with Crippen LogP contribution in [0.1, 0.15) is 25.5 Å². The number of rotatable bonds is 4. The van der Waals surface area contributed by atoms with Crippen LogP contribution >= 0.6 is 0 Å². The first-order chi connectivity index (χ1) is 11.6. The van der Waals surface area contributed by atoms with Crippen molar-refractivity contribution in [2.75, 3.05) is 0 Å². The molecule has 0 saturated heterocycles. The number of azo groups is 1. The molecule has 0 aliphatic heterocycles. The van der Waals surface area contributed by atoms with Gasteiger partial charge in [-0.25, -0.2) is 0 Å². The third kappa shape index (κ3) is 3.06. The van der Waals surface area contributed by atoms with Gasteiger partial charge in [0.1, 0.15) is 0 Å². The van der Waals surface area contributed by atoms with Crippen molar-refractivity contribution in [1.29, 1.82) is 0 Å². The molecule has 1 heterocycles. The lowest BCUT2D eigenvalue weighted by molar-refractivity contribution is -0.117. The Hall–Kier alpha value is -2.95. The molecule has 1 N–H and O–H groups in total. The van der Waals surface area contributed by atoms with E-state index in [1.807, 2.05) is 68.4 Å². The van der Waals surface area contributed by atoms with E-state index in [4.69, 9.17) is 0 Å². The van der Waals surface area contributed by atoms with E-state index in [0.29, 0.717) is 5.69 Å². The first-order valence-electron chi connectivity index (χ1n) is 7.88. The number of fused-ring (bicyclic) bond motifs is 1. The summed E-state index contributed by atoms with van der Waals surface area (Å²) in [5, 5.41) is 19.1. The number of aromatic nitrogens is 1. The second-order valence-electron chi connectivity index (χ2n) is 5.91. The number of amides is 1. The van der Waals surface area contributed by atoms with Gasteiger partial charge < -0.3 is 9.67 Å². The monoisotopic (exact) mass is 321 g/mol. The van der Waals surface area contributed by atoms with Crippen LogP contribution in [-0.4, -0.2) is 15.6 Å². The second-order valence-corrected chi connectivity index (χ2v) is 5.91. The van der Waals surface area contributed by atoms with E-state index in [-0.39, 0.29) is 24.2 Å². The summed E-state index contributed by atoms with van der Waals surface area (Å²) in [6.45, 7) is 3.96. The van der Waals surface area contributed by atoms with Gasteiger partial charge in [-0.2, -0.15) is 0 Å². The van der Waals surface area contributed by atoms with Crippen LogP contribution < -0.4 is 0 Å². The number of hydrogen-bond donors (Lipinski definition) is 1. The zero-order chi connectivity index (χ0) is 17.1. The van der Waals surface area contributed by atoms with Crippen LogP contribution in [0.2, 0.25) is 0 Å². The fourth-order valence-corrected chi connectivity index (χ4v) is 2.77. The van der Waals surface area contributed by atoms with Crippen molar-refractivity contribution in [2.45, 2.75) is 26.3 Å². The van der Waals surface area contributed by atoms with Crippen LogP contribution in [0.3, 0.4) is 0 Å². The Morgan fingerprint density at radius 3 is 2.46 bits per heavy atom. The summed E-state index contributed by atoms with van der Waals surface area (Å²) in [5.41, 5.74) is 2.09. The number of hydrogen-bond acceptors (Lipinski definition) is 3. The lowest BCUT2D eigenvalue weighted by Crippen LogP contribution is -1.99. The highest BCUT2D eigenvalue weighted by atomic mass is 16.3. The number of carbonyl (C=O) groups is 1. The molecule has 0 aliphatic carbocycles. The van der Waals surface area contributed by atoms with Gasteiger partial charge in [0.15, 0.2) is 5.69 Å². The quantitative estimate of drug-likeness (QED) is 0.703. The number of aromatic hydroxyl groups is 1. The molecule has 3 rings (SSSR count). The molecule has 122 valence electrons. The van der Waals surface area contributed by atoms with E-state index < -0.39 is 0 Å². The van der Waals surface area contributed by atoms with Gasteiger partial charge in [-0.15, -0.1) is 10.2 Å². The van der Waals surface area contributed by atoms with Crippen LogP contribution in [0.25, 0.3) is 10.9 Å². The average Bonchev–Trinajstić information content (AvgIpc) is 2.85. The summed E-state index contributed by atoms with van der Waals surface area (Å²) in [6, 6.07) is 17.0. The number of carbonyl (C=O) groups excluding carboxylic acids is 1. The third-order valence-electron chi connectivity index (χ3n) is 3.83. The van der Waals surface area contributed by atoms with Crippen LogP contribution in [0, 0.1) is 0 Å². The maximum absolute atomic E-state index is 12.0. The minimum Gasteiger partial charge on any atom is -0.493 e. The Morgan fingerprint density at radius 1 is 1.08 bits per heavy atom. The Balaban J connectivity index is 1.92. The van der Waals surface area contributed by atoms with Gasteiger partial charge in [-0.05, 0) is 25.5 Å². The Bertz CT molecular complexity index is 896. The Morgan fingerprint density at radius 2 is 1.75 bits per heavy atom. The van der Waals surface area contributed by atoms with E-state index in [1.54, 1.807) is 4.57 Å². The molecule has 2 aromatic carbocycles. The van der Waals surface area contributed by atoms with Gasteiger partial charge in [0.2, 0.25) is 5.88 Å². The average molecular weight is 321 g/mol. The molecule has 0 fully saturated rings. The number of para-hydroxylation sites is 1. The molecule has 0 saturated carbocycles. The van der Waals surface area contributed by atoms with Crippen molar-refractivity contribution >= 4 is 22.5 Å². The standard InChI is InChI=1S/C19H19N3O2/c1-13(2)22-16-11-7-6-10-15(16)18(19(22)24)21-20-17(23)12-14-8-4-3-5-9-14/h3-11,13,24H,12H2,1-2H3. The molecule has 3 aromatic rings. The SMILES string of the molecule is CC(C)n1c(O)c(N=NC(=O)Cc2ccccc2)c2ccccc21. The van der Waals surface area contributed by atoms with Crippen LogP contribution in [0.15, 0.2) is 64.8 Å². The Labute approximate surface area is 140 Å². The highest BCUT2D eigenvalue weighted by Gasteiger charge is 2.18. The van der Waals surface area contributed by atoms with Crippen molar-refractivity contribution in [3.63, 3.8) is 0 Å².